The monoisotopic (exact) mass is 399 g/mol. The molecule has 1 heterocycles. The summed E-state index contributed by atoms with van der Waals surface area (Å²) in [5, 5.41) is 6.61. The molecule has 0 saturated carbocycles. The van der Waals surface area contributed by atoms with Gasteiger partial charge in [-0.05, 0) is 61.6 Å². The van der Waals surface area contributed by atoms with E-state index in [1.54, 1.807) is 0 Å². The van der Waals surface area contributed by atoms with Crippen molar-refractivity contribution >= 4 is 34.9 Å². The van der Waals surface area contributed by atoms with E-state index in [2.05, 4.69) is 10.6 Å². The second-order valence-electron chi connectivity index (χ2n) is 7.11. The van der Waals surface area contributed by atoms with E-state index < -0.39 is 0 Å². The number of halogens is 1. The van der Waals surface area contributed by atoms with Crippen LogP contribution in [0.1, 0.15) is 49.8 Å². The Kier molecular flexibility index (Phi) is 6.57. The molecule has 28 heavy (non-hydrogen) atoms. The van der Waals surface area contributed by atoms with Crippen molar-refractivity contribution in [2.75, 3.05) is 17.2 Å². The lowest BCUT2D eigenvalue weighted by atomic mass is 10.0. The molecule has 2 aromatic carbocycles. The van der Waals surface area contributed by atoms with Crippen LogP contribution in [0.5, 0.6) is 0 Å². The summed E-state index contributed by atoms with van der Waals surface area (Å²) >= 11 is 6.13. The molecule has 1 saturated heterocycles. The van der Waals surface area contributed by atoms with Gasteiger partial charge in [0.1, 0.15) is 0 Å². The number of hydrogen-bond donors (Lipinski definition) is 2. The van der Waals surface area contributed by atoms with Crippen molar-refractivity contribution in [3.8, 4) is 0 Å². The first kappa shape index (κ1) is 20.2. The molecule has 1 fully saturated rings. The molecule has 0 aliphatic carbocycles. The van der Waals surface area contributed by atoms with Crippen LogP contribution < -0.4 is 10.6 Å². The van der Waals surface area contributed by atoms with Gasteiger partial charge in [0.15, 0.2) is 0 Å². The molecule has 3 amide bonds. The van der Waals surface area contributed by atoms with Gasteiger partial charge in [-0.15, -0.1) is 0 Å². The summed E-state index contributed by atoms with van der Waals surface area (Å²) in [6, 6.07) is 13.1. The van der Waals surface area contributed by atoms with Crippen molar-refractivity contribution in [2.45, 2.75) is 45.6 Å². The lowest BCUT2D eigenvalue weighted by molar-refractivity contribution is -0.116. The molecule has 0 radical (unpaired) electrons. The van der Waals surface area contributed by atoms with Gasteiger partial charge in [0.25, 0.3) is 0 Å². The summed E-state index contributed by atoms with van der Waals surface area (Å²) in [5.74, 6) is -0.0189. The number of nitrogens with zero attached hydrogens (tertiary/aromatic N) is 1. The molecule has 1 aliphatic rings. The smallest absolute Gasteiger partial charge is 0.322 e. The fraction of sp³-hybridized carbons (Fsp3) is 0.364. The van der Waals surface area contributed by atoms with Gasteiger partial charge in [0.2, 0.25) is 5.91 Å². The van der Waals surface area contributed by atoms with E-state index in [4.69, 9.17) is 11.6 Å². The molecular weight excluding hydrogens is 374 g/mol. The van der Waals surface area contributed by atoms with Crippen molar-refractivity contribution in [1.29, 1.82) is 0 Å². The van der Waals surface area contributed by atoms with Gasteiger partial charge in [0.05, 0.1) is 6.04 Å². The van der Waals surface area contributed by atoms with Crippen molar-refractivity contribution in [3.63, 3.8) is 0 Å². The Balaban J connectivity index is 1.74. The number of carbonyl (C=O) groups excluding carboxylic acids is 2. The molecule has 148 valence electrons. The Bertz CT molecular complexity index is 869. The zero-order valence-corrected chi connectivity index (χ0v) is 17.1. The molecule has 2 aromatic rings. The molecule has 0 spiro atoms. The van der Waals surface area contributed by atoms with Crippen molar-refractivity contribution < 1.29 is 9.59 Å². The molecule has 2 N–H and O–H groups in total. The number of anilines is 2. The first-order valence-corrected chi connectivity index (χ1v) is 10.1. The maximum atomic E-state index is 13.0. The van der Waals surface area contributed by atoms with E-state index in [1.165, 1.54) is 0 Å². The van der Waals surface area contributed by atoms with Crippen LogP contribution >= 0.6 is 11.6 Å². The molecule has 5 nitrogen and oxygen atoms in total. The predicted molar refractivity (Wildman–Crippen MR) is 114 cm³/mol. The average molecular weight is 400 g/mol. The molecule has 0 aromatic heterocycles. The van der Waals surface area contributed by atoms with Crippen LogP contribution in [0.2, 0.25) is 5.02 Å². The molecule has 0 bridgehead atoms. The third-order valence-electron chi connectivity index (χ3n) is 5.07. The van der Waals surface area contributed by atoms with Crippen molar-refractivity contribution in [1.82, 2.24) is 4.90 Å². The molecule has 6 heteroatoms. The van der Waals surface area contributed by atoms with Crippen LogP contribution in [0.15, 0.2) is 42.5 Å². The summed E-state index contributed by atoms with van der Waals surface area (Å²) in [6.07, 6.45) is 3.14. The summed E-state index contributed by atoms with van der Waals surface area (Å²) < 4.78 is 0. The summed E-state index contributed by atoms with van der Waals surface area (Å²) in [4.78, 5) is 26.7. The van der Waals surface area contributed by atoms with E-state index in [0.717, 1.165) is 36.1 Å². The maximum Gasteiger partial charge on any atom is 0.322 e. The van der Waals surface area contributed by atoms with E-state index in [-0.39, 0.29) is 18.0 Å². The van der Waals surface area contributed by atoms with Crippen LogP contribution in [0.3, 0.4) is 0 Å². The van der Waals surface area contributed by atoms with E-state index >= 15 is 0 Å². The van der Waals surface area contributed by atoms with Gasteiger partial charge in [-0.1, -0.05) is 36.7 Å². The first-order chi connectivity index (χ1) is 13.5. The summed E-state index contributed by atoms with van der Waals surface area (Å²) in [7, 11) is 0. The molecule has 1 atom stereocenters. The number of nitrogens with one attached hydrogen (secondary N) is 2. The minimum Gasteiger partial charge on any atom is -0.326 e. The van der Waals surface area contributed by atoms with Gasteiger partial charge in [-0.2, -0.15) is 0 Å². The van der Waals surface area contributed by atoms with Crippen LogP contribution in [0.25, 0.3) is 0 Å². The van der Waals surface area contributed by atoms with Gasteiger partial charge in [0, 0.05) is 29.4 Å². The van der Waals surface area contributed by atoms with Crippen LogP contribution in [0, 0.1) is 6.92 Å². The van der Waals surface area contributed by atoms with E-state index in [9.17, 15) is 9.59 Å². The SMILES string of the molecule is CCCC(=O)Nc1cccc(NC(=O)N2CCCC2c2cccc(Cl)c2)c1C. The number of urea groups is 1. The number of amides is 3. The normalized spacial score (nSPS) is 16.1. The third kappa shape index (κ3) is 4.65. The third-order valence-corrected chi connectivity index (χ3v) is 5.31. The fourth-order valence-corrected chi connectivity index (χ4v) is 3.80. The highest BCUT2D eigenvalue weighted by molar-refractivity contribution is 6.30. The topological polar surface area (TPSA) is 61.4 Å². The standard InChI is InChI=1S/C22H26ClN3O2/c1-3-7-21(27)24-18-10-5-11-19(15(18)2)25-22(28)26-13-6-12-20(26)16-8-4-9-17(23)14-16/h4-5,8-11,14,20H,3,6-7,12-13H2,1-2H3,(H,24,27)(H,25,28). The molecule has 3 rings (SSSR count). The average Bonchev–Trinajstić information content (AvgIpc) is 3.15. The zero-order chi connectivity index (χ0) is 20.1. The lowest BCUT2D eigenvalue weighted by Crippen LogP contribution is -2.34. The number of hydrogen-bond acceptors (Lipinski definition) is 2. The van der Waals surface area contributed by atoms with Crippen LogP contribution in [-0.4, -0.2) is 23.4 Å². The van der Waals surface area contributed by atoms with Crippen LogP contribution in [0.4, 0.5) is 16.2 Å². The minimum atomic E-state index is -0.136. The molecule has 1 unspecified atom stereocenters. The quantitative estimate of drug-likeness (QED) is 0.671. The highest BCUT2D eigenvalue weighted by Crippen LogP contribution is 2.34. The van der Waals surface area contributed by atoms with E-state index in [1.807, 2.05) is 61.2 Å². The summed E-state index contributed by atoms with van der Waals surface area (Å²) in [5.41, 5.74) is 3.33. The Labute approximate surface area is 171 Å². The zero-order valence-electron chi connectivity index (χ0n) is 16.3. The molecule has 1 aliphatic heterocycles. The highest BCUT2D eigenvalue weighted by atomic mass is 35.5. The lowest BCUT2D eigenvalue weighted by Gasteiger charge is -2.26. The van der Waals surface area contributed by atoms with Crippen LogP contribution in [-0.2, 0) is 4.79 Å². The van der Waals surface area contributed by atoms with Gasteiger partial charge in [-0.3, -0.25) is 4.79 Å². The summed E-state index contributed by atoms with van der Waals surface area (Å²) in [6.45, 7) is 4.57. The molecular formula is C22H26ClN3O2. The minimum absolute atomic E-state index is 0.0189. The Morgan fingerprint density at radius 1 is 1.14 bits per heavy atom. The van der Waals surface area contributed by atoms with Crippen molar-refractivity contribution in [2.24, 2.45) is 0 Å². The van der Waals surface area contributed by atoms with E-state index in [0.29, 0.717) is 23.7 Å². The number of likely N-dealkylation sites (tertiary alicyclic amines) is 1. The number of rotatable bonds is 5. The Morgan fingerprint density at radius 2 is 1.86 bits per heavy atom. The number of benzene rings is 2. The fourth-order valence-electron chi connectivity index (χ4n) is 3.60. The predicted octanol–water partition coefficient (Wildman–Crippen LogP) is 5.76. The first-order valence-electron chi connectivity index (χ1n) is 9.72. The maximum absolute atomic E-state index is 13.0. The number of carbonyl (C=O) groups is 2. The largest absolute Gasteiger partial charge is 0.326 e. The van der Waals surface area contributed by atoms with Gasteiger partial charge >= 0.3 is 6.03 Å². The van der Waals surface area contributed by atoms with Gasteiger partial charge < -0.3 is 15.5 Å². The second-order valence-corrected chi connectivity index (χ2v) is 7.55. The highest BCUT2D eigenvalue weighted by Gasteiger charge is 2.30. The second kappa shape index (κ2) is 9.11. The van der Waals surface area contributed by atoms with Crippen molar-refractivity contribution in [3.05, 3.63) is 58.6 Å². The van der Waals surface area contributed by atoms with Gasteiger partial charge in [-0.25, -0.2) is 4.79 Å². The Hall–Kier alpha value is -2.53. The Morgan fingerprint density at radius 3 is 2.57 bits per heavy atom.